The van der Waals surface area contributed by atoms with E-state index in [2.05, 4.69) is 18.9 Å². The Morgan fingerprint density at radius 1 is 1.17 bits per heavy atom. The molecule has 3 nitrogen and oxygen atoms in total. The van der Waals surface area contributed by atoms with Crippen LogP contribution in [0.1, 0.15) is 70.0 Å². The molecule has 1 N–H and O–H groups in total. The van der Waals surface area contributed by atoms with Gasteiger partial charge in [-0.1, -0.05) is 44.7 Å². The zero-order valence-corrected chi connectivity index (χ0v) is 14.8. The highest BCUT2D eigenvalue weighted by Crippen LogP contribution is 2.24. The van der Waals surface area contributed by atoms with Crippen molar-refractivity contribution in [1.82, 2.24) is 4.90 Å². The number of aliphatic hydroxyl groups is 1. The first-order valence-corrected chi connectivity index (χ1v) is 9.31. The van der Waals surface area contributed by atoms with Gasteiger partial charge in [-0.05, 0) is 50.4 Å². The van der Waals surface area contributed by atoms with Crippen molar-refractivity contribution in [3.8, 4) is 5.75 Å². The van der Waals surface area contributed by atoms with E-state index in [9.17, 15) is 5.11 Å². The van der Waals surface area contributed by atoms with E-state index in [4.69, 9.17) is 4.74 Å². The molecule has 1 aromatic rings. The van der Waals surface area contributed by atoms with Gasteiger partial charge in [0.05, 0.1) is 12.7 Å². The molecule has 0 bridgehead atoms. The van der Waals surface area contributed by atoms with E-state index in [1.54, 1.807) is 0 Å². The van der Waals surface area contributed by atoms with Crippen LogP contribution in [-0.4, -0.2) is 36.2 Å². The third kappa shape index (κ3) is 6.15. The first-order chi connectivity index (χ1) is 11.2. The maximum Gasteiger partial charge on any atom is 0.119 e. The predicted molar refractivity (Wildman–Crippen MR) is 95.9 cm³/mol. The SMILES string of the molecule is CCCCOc1ccc(C(O)CCN(C)C2CCCCC2)cc1. The van der Waals surface area contributed by atoms with Crippen LogP contribution in [-0.2, 0) is 0 Å². The maximum atomic E-state index is 10.4. The summed E-state index contributed by atoms with van der Waals surface area (Å²) in [6.07, 6.45) is 9.37. The lowest BCUT2D eigenvalue weighted by Crippen LogP contribution is -2.34. The Morgan fingerprint density at radius 2 is 1.87 bits per heavy atom. The minimum absolute atomic E-state index is 0.384. The average Bonchev–Trinajstić information content (AvgIpc) is 2.61. The van der Waals surface area contributed by atoms with Crippen molar-refractivity contribution in [3.63, 3.8) is 0 Å². The lowest BCUT2D eigenvalue weighted by molar-refractivity contribution is 0.125. The zero-order valence-electron chi connectivity index (χ0n) is 14.8. The van der Waals surface area contributed by atoms with Gasteiger partial charge < -0.3 is 14.7 Å². The van der Waals surface area contributed by atoms with Gasteiger partial charge in [0.25, 0.3) is 0 Å². The minimum atomic E-state index is -0.384. The lowest BCUT2D eigenvalue weighted by Gasteiger charge is -2.31. The van der Waals surface area contributed by atoms with Crippen LogP contribution in [0.4, 0.5) is 0 Å². The number of hydrogen-bond donors (Lipinski definition) is 1. The molecule has 2 rings (SSSR count). The van der Waals surface area contributed by atoms with Crippen LogP contribution >= 0.6 is 0 Å². The molecule has 0 spiro atoms. The number of hydrogen-bond acceptors (Lipinski definition) is 3. The highest BCUT2D eigenvalue weighted by Gasteiger charge is 2.18. The van der Waals surface area contributed by atoms with E-state index < -0.39 is 0 Å². The molecule has 0 heterocycles. The van der Waals surface area contributed by atoms with Crippen LogP contribution in [0.5, 0.6) is 5.75 Å². The summed E-state index contributed by atoms with van der Waals surface area (Å²) in [5.41, 5.74) is 0.991. The molecule has 0 amide bonds. The van der Waals surface area contributed by atoms with Crippen LogP contribution in [0.2, 0.25) is 0 Å². The molecule has 1 fully saturated rings. The van der Waals surface area contributed by atoms with Gasteiger partial charge in [-0.15, -0.1) is 0 Å². The summed E-state index contributed by atoms with van der Waals surface area (Å²) in [4.78, 5) is 2.44. The molecule has 1 atom stereocenters. The van der Waals surface area contributed by atoms with Crippen molar-refractivity contribution < 1.29 is 9.84 Å². The fourth-order valence-electron chi connectivity index (χ4n) is 3.32. The number of nitrogens with zero attached hydrogens (tertiary/aromatic N) is 1. The molecule has 1 saturated carbocycles. The second kappa shape index (κ2) is 9.94. The van der Waals surface area contributed by atoms with Gasteiger partial charge in [0.2, 0.25) is 0 Å². The van der Waals surface area contributed by atoms with Gasteiger partial charge in [0.15, 0.2) is 0 Å². The van der Waals surface area contributed by atoms with Gasteiger partial charge in [-0.3, -0.25) is 0 Å². The van der Waals surface area contributed by atoms with Crippen molar-refractivity contribution in [2.24, 2.45) is 0 Å². The second-order valence-electron chi connectivity index (χ2n) is 6.85. The number of rotatable bonds is 9. The number of benzene rings is 1. The van der Waals surface area contributed by atoms with Crippen LogP contribution < -0.4 is 4.74 Å². The van der Waals surface area contributed by atoms with E-state index >= 15 is 0 Å². The molecule has 1 aliphatic rings. The van der Waals surface area contributed by atoms with Crippen molar-refractivity contribution in [2.75, 3.05) is 20.2 Å². The Kier molecular flexibility index (Phi) is 7.90. The molecule has 1 aliphatic carbocycles. The standard InChI is InChI=1S/C20H33NO2/c1-3-4-16-23-19-12-10-17(11-13-19)20(22)14-15-21(2)18-8-6-5-7-9-18/h10-13,18,20,22H,3-9,14-16H2,1-2H3. The summed E-state index contributed by atoms with van der Waals surface area (Å²) in [5.74, 6) is 0.897. The highest BCUT2D eigenvalue weighted by molar-refractivity contribution is 5.28. The van der Waals surface area contributed by atoms with Gasteiger partial charge >= 0.3 is 0 Å². The third-order valence-electron chi connectivity index (χ3n) is 4.98. The normalized spacial score (nSPS) is 17.4. The fourth-order valence-corrected chi connectivity index (χ4v) is 3.32. The van der Waals surface area contributed by atoms with E-state index in [-0.39, 0.29) is 6.10 Å². The van der Waals surface area contributed by atoms with Crippen LogP contribution in [0.15, 0.2) is 24.3 Å². The Labute approximate surface area is 141 Å². The first-order valence-electron chi connectivity index (χ1n) is 9.31. The van der Waals surface area contributed by atoms with Crippen molar-refractivity contribution in [1.29, 1.82) is 0 Å². The van der Waals surface area contributed by atoms with Crippen molar-refractivity contribution in [3.05, 3.63) is 29.8 Å². The molecule has 23 heavy (non-hydrogen) atoms. The zero-order chi connectivity index (χ0) is 16.5. The maximum absolute atomic E-state index is 10.4. The lowest BCUT2D eigenvalue weighted by atomic mass is 9.94. The third-order valence-corrected chi connectivity index (χ3v) is 4.98. The average molecular weight is 319 g/mol. The summed E-state index contributed by atoms with van der Waals surface area (Å²) in [6, 6.07) is 8.64. The van der Waals surface area contributed by atoms with Crippen molar-refractivity contribution in [2.45, 2.75) is 70.4 Å². The highest BCUT2D eigenvalue weighted by atomic mass is 16.5. The molecule has 1 aromatic carbocycles. The molecule has 0 saturated heterocycles. The van der Waals surface area contributed by atoms with E-state index in [0.717, 1.165) is 43.7 Å². The minimum Gasteiger partial charge on any atom is -0.494 e. The van der Waals surface area contributed by atoms with Gasteiger partial charge in [-0.25, -0.2) is 0 Å². The molecule has 0 radical (unpaired) electrons. The molecule has 0 aliphatic heterocycles. The predicted octanol–water partition coefficient (Wildman–Crippen LogP) is 4.55. The van der Waals surface area contributed by atoms with Gasteiger partial charge in [0.1, 0.15) is 5.75 Å². The largest absolute Gasteiger partial charge is 0.494 e. The Balaban J connectivity index is 1.75. The summed E-state index contributed by atoms with van der Waals surface area (Å²) in [6.45, 7) is 3.89. The second-order valence-corrected chi connectivity index (χ2v) is 6.85. The summed E-state index contributed by atoms with van der Waals surface area (Å²) >= 11 is 0. The molecule has 1 unspecified atom stereocenters. The molecule has 3 heteroatoms. The smallest absolute Gasteiger partial charge is 0.119 e. The molecule has 130 valence electrons. The summed E-state index contributed by atoms with van der Waals surface area (Å²) in [5, 5.41) is 10.4. The van der Waals surface area contributed by atoms with Crippen LogP contribution in [0, 0.1) is 0 Å². The van der Waals surface area contributed by atoms with Crippen LogP contribution in [0.3, 0.4) is 0 Å². The van der Waals surface area contributed by atoms with E-state index in [1.807, 2.05) is 24.3 Å². The van der Waals surface area contributed by atoms with Crippen molar-refractivity contribution >= 4 is 0 Å². The quantitative estimate of drug-likeness (QED) is 0.678. The Hall–Kier alpha value is -1.06. The van der Waals surface area contributed by atoms with E-state index in [0.29, 0.717) is 6.04 Å². The summed E-state index contributed by atoms with van der Waals surface area (Å²) in [7, 11) is 2.20. The van der Waals surface area contributed by atoms with E-state index in [1.165, 1.54) is 32.1 Å². The number of ether oxygens (including phenoxy) is 1. The molecular weight excluding hydrogens is 286 g/mol. The van der Waals surface area contributed by atoms with Crippen LogP contribution in [0.25, 0.3) is 0 Å². The topological polar surface area (TPSA) is 32.7 Å². The molecular formula is C20H33NO2. The van der Waals surface area contributed by atoms with Gasteiger partial charge in [0, 0.05) is 12.6 Å². The Bertz CT molecular complexity index is 426. The van der Waals surface area contributed by atoms with Gasteiger partial charge in [-0.2, -0.15) is 0 Å². The first kappa shape index (κ1) is 18.3. The summed E-state index contributed by atoms with van der Waals surface area (Å²) < 4.78 is 5.67. The Morgan fingerprint density at radius 3 is 2.52 bits per heavy atom. The monoisotopic (exact) mass is 319 g/mol. The number of unbranched alkanes of at least 4 members (excludes halogenated alkanes) is 1. The molecule has 0 aromatic heterocycles. The number of aliphatic hydroxyl groups excluding tert-OH is 1. The fraction of sp³-hybridized carbons (Fsp3) is 0.700.